The van der Waals surface area contributed by atoms with Crippen LogP contribution in [-0.2, 0) is 0 Å². The van der Waals surface area contributed by atoms with Gasteiger partial charge in [0.25, 0.3) is 0 Å². The second-order valence-corrected chi connectivity index (χ2v) is 5.86. The highest BCUT2D eigenvalue weighted by atomic mass is 16.3. The second-order valence-electron chi connectivity index (χ2n) is 5.86. The van der Waals surface area contributed by atoms with Gasteiger partial charge < -0.3 is 15.3 Å². The van der Waals surface area contributed by atoms with Crippen molar-refractivity contribution in [2.45, 2.75) is 45.8 Å². The Bertz CT molecular complexity index is 422. The Labute approximate surface area is 122 Å². The highest BCUT2D eigenvalue weighted by Gasteiger charge is 2.26. The maximum absolute atomic E-state index is 9.70. The van der Waals surface area contributed by atoms with Gasteiger partial charge >= 0.3 is 0 Å². The van der Waals surface area contributed by atoms with Crippen molar-refractivity contribution < 1.29 is 5.11 Å². The molecule has 1 saturated heterocycles. The second kappa shape index (κ2) is 7.04. The number of aliphatic hydroxyl groups excluding tert-OH is 1. The Balaban J connectivity index is 2.03. The zero-order chi connectivity index (χ0) is 14.5. The monoisotopic (exact) mass is 277 g/mol. The van der Waals surface area contributed by atoms with Gasteiger partial charge in [0.05, 0.1) is 6.10 Å². The first-order valence-electron chi connectivity index (χ1n) is 7.74. The molecule has 0 bridgehead atoms. The van der Waals surface area contributed by atoms with Crippen LogP contribution in [0.3, 0.4) is 0 Å². The van der Waals surface area contributed by atoms with E-state index in [1.165, 1.54) is 5.56 Å². The lowest BCUT2D eigenvalue weighted by Gasteiger charge is -2.21. The predicted octanol–water partition coefficient (Wildman–Crippen LogP) is 2.35. The number of anilines is 1. The van der Waals surface area contributed by atoms with Crippen molar-refractivity contribution in [3.8, 4) is 0 Å². The van der Waals surface area contributed by atoms with E-state index in [0.717, 1.165) is 38.3 Å². The Morgan fingerprint density at radius 1 is 1.50 bits per heavy atom. The van der Waals surface area contributed by atoms with Crippen LogP contribution in [0.5, 0.6) is 0 Å². The number of hydrogen-bond acceptors (Lipinski definition) is 4. The van der Waals surface area contributed by atoms with Gasteiger partial charge in [-0.1, -0.05) is 6.92 Å². The average molecular weight is 277 g/mol. The summed E-state index contributed by atoms with van der Waals surface area (Å²) in [5, 5.41) is 13.2. The third-order valence-corrected chi connectivity index (χ3v) is 4.20. The molecule has 3 atom stereocenters. The van der Waals surface area contributed by atoms with Crippen LogP contribution in [0.2, 0.25) is 0 Å². The molecule has 1 aliphatic heterocycles. The first kappa shape index (κ1) is 15.3. The molecule has 0 aromatic carbocycles. The van der Waals surface area contributed by atoms with Gasteiger partial charge in [0.2, 0.25) is 0 Å². The SMILES string of the molecule is CCCNC(C)c1ccnc(N2CCC(C(C)O)C2)c1. The number of pyridine rings is 1. The normalized spacial score (nSPS) is 22.0. The summed E-state index contributed by atoms with van der Waals surface area (Å²) >= 11 is 0. The molecule has 4 heteroatoms. The molecule has 0 amide bonds. The fourth-order valence-corrected chi connectivity index (χ4v) is 2.74. The maximum Gasteiger partial charge on any atom is 0.128 e. The van der Waals surface area contributed by atoms with Crippen LogP contribution in [0.4, 0.5) is 5.82 Å². The average Bonchev–Trinajstić information content (AvgIpc) is 2.95. The lowest BCUT2D eigenvalue weighted by atomic mass is 10.0. The summed E-state index contributed by atoms with van der Waals surface area (Å²) in [4.78, 5) is 6.78. The topological polar surface area (TPSA) is 48.4 Å². The Kier molecular flexibility index (Phi) is 5.38. The Morgan fingerprint density at radius 2 is 2.30 bits per heavy atom. The number of nitrogens with one attached hydrogen (secondary N) is 1. The first-order valence-corrected chi connectivity index (χ1v) is 7.74. The summed E-state index contributed by atoms with van der Waals surface area (Å²) in [5.41, 5.74) is 1.28. The van der Waals surface area contributed by atoms with Crippen LogP contribution in [-0.4, -0.2) is 35.8 Å². The molecular weight excluding hydrogens is 250 g/mol. The molecule has 20 heavy (non-hydrogen) atoms. The molecule has 1 aromatic heterocycles. The van der Waals surface area contributed by atoms with Crippen molar-refractivity contribution in [3.05, 3.63) is 23.9 Å². The number of rotatable bonds is 6. The van der Waals surface area contributed by atoms with E-state index >= 15 is 0 Å². The summed E-state index contributed by atoms with van der Waals surface area (Å²) in [6, 6.07) is 4.61. The number of aliphatic hydroxyl groups is 1. The molecule has 0 saturated carbocycles. The molecule has 2 rings (SSSR count). The zero-order valence-corrected chi connectivity index (χ0v) is 12.8. The standard InChI is InChI=1S/C16H27N3O/c1-4-7-17-12(2)14-5-8-18-16(10-14)19-9-6-15(11-19)13(3)20/h5,8,10,12-13,15,17,20H,4,6-7,9,11H2,1-3H3. The minimum Gasteiger partial charge on any atom is -0.393 e. The van der Waals surface area contributed by atoms with Crippen molar-refractivity contribution in [2.75, 3.05) is 24.5 Å². The fraction of sp³-hybridized carbons (Fsp3) is 0.688. The van der Waals surface area contributed by atoms with Crippen molar-refractivity contribution in [1.29, 1.82) is 0 Å². The largest absolute Gasteiger partial charge is 0.393 e. The van der Waals surface area contributed by atoms with Gasteiger partial charge in [-0.15, -0.1) is 0 Å². The van der Waals surface area contributed by atoms with Crippen LogP contribution in [0, 0.1) is 5.92 Å². The van der Waals surface area contributed by atoms with E-state index in [2.05, 4.69) is 41.2 Å². The number of aromatic nitrogens is 1. The minimum atomic E-state index is -0.228. The summed E-state index contributed by atoms with van der Waals surface area (Å²) in [7, 11) is 0. The highest BCUT2D eigenvalue weighted by molar-refractivity contribution is 5.43. The van der Waals surface area contributed by atoms with Gasteiger partial charge in [0.15, 0.2) is 0 Å². The predicted molar refractivity (Wildman–Crippen MR) is 82.9 cm³/mol. The zero-order valence-electron chi connectivity index (χ0n) is 12.8. The molecule has 0 spiro atoms. The van der Waals surface area contributed by atoms with E-state index in [9.17, 15) is 5.11 Å². The Hall–Kier alpha value is -1.13. The highest BCUT2D eigenvalue weighted by Crippen LogP contribution is 2.26. The van der Waals surface area contributed by atoms with Crippen LogP contribution in [0.1, 0.15) is 45.2 Å². The number of nitrogens with zero attached hydrogens (tertiary/aromatic N) is 2. The van der Waals surface area contributed by atoms with Crippen molar-refractivity contribution in [1.82, 2.24) is 10.3 Å². The molecule has 4 nitrogen and oxygen atoms in total. The van der Waals surface area contributed by atoms with Crippen LogP contribution in [0.25, 0.3) is 0 Å². The lowest BCUT2D eigenvalue weighted by Crippen LogP contribution is -2.25. The van der Waals surface area contributed by atoms with Crippen LogP contribution >= 0.6 is 0 Å². The quantitative estimate of drug-likeness (QED) is 0.838. The van der Waals surface area contributed by atoms with E-state index in [0.29, 0.717) is 12.0 Å². The van der Waals surface area contributed by atoms with Crippen molar-refractivity contribution in [2.24, 2.45) is 5.92 Å². The van der Waals surface area contributed by atoms with E-state index in [1.54, 1.807) is 0 Å². The molecule has 0 aliphatic carbocycles. The fourth-order valence-electron chi connectivity index (χ4n) is 2.74. The molecular formula is C16H27N3O. The third-order valence-electron chi connectivity index (χ3n) is 4.20. The first-order chi connectivity index (χ1) is 9.61. The van der Waals surface area contributed by atoms with E-state index < -0.39 is 0 Å². The van der Waals surface area contributed by atoms with E-state index in [-0.39, 0.29) is 6.10 Å². The van der Waals surface area contributed by atoms with Gasteiger partial charge in [0, 0.05) is 31.2 Å². The minimum absolute atomic E-state index is 0.228. The van der Waals surface area contributed by atoms with Gasteiger partial charge in [0.1, 0.15) is 5.82 Å². The molecule has 2 N–H and O–H groups in total. The summed E-state index contributed by atoms with van der Waals surface area (Å²) in [6.07, 6.45) is 3.86. The summed E-state index contributed by atoms with van der Waals surface area (Å²) < 4.78 is 0. The summed E-state index contributed by atoms with van der Waals surface area (Å²) in [6.45, 7) is 9.19. The van der Waals surface area contributed by atoms with Gasteiger partial charge in [-0.25, -0.2) is 4.98 Å². The smallest absolute Gasteiger partial charge is 0.128 e. The maximum atomic E-state index is 9.70. The number of hydrogen-bond donors (Lipinski definition) is 2. The molecule has 1 aromatic rings. The Morgan fingerprint density at radius 3 is 2.95 bits per heavy atom. The van der Waals surface area contributed by atoms with Crippen LogP contribution < -0.4 is 10.2 Å². The molecule has 2 heterocycles. The van der Waals surface area contributed by atoms with Crippen molar-refractivity contribution in [3.63, 3.8) is 0 Å². The van der Waals surface area contributed by atoms with E-state index in [1.807, 2.05) is 13.1 Å². The molecule has 3 unspecified atom stereocenters. The molecule has 0 radical (unpaired) electrons. The lowest BCUT2D eigenvalue weighted by molar-refractivity contribution is 0.136. The van der Waals surface area contributed by atoms with Crippen molar-refractivity contribution >= 4 is 5.82 Å². The molecule has 112 valence electrons. The van der Waals surface area contributed by atoms with E-state index in [4.69, 9.17) is 0 Å². The molecule has 1 fully saturated rings. The third kappa shape index (κ3) is 3.70. The van der Waals surface area contributed by atoms with Gasteiger partial charge in [-0.3, -0.25) is 0 Å². The van der Waals surface area contributed by atoms with Crippen LogP contribution in [0.15, 0.2) is 18.3 Å². The van der Waals surface area contributed by atoms with Gasteiger partial charge in [-0.2, -0.15) is 0 Å². The van der Waals surface area contributed by atoms with Gasteiger partial charge in [-0.05, 0) is 50.9 Å². The molecule has 1 aliphatic rings. The summed E-state index contributed by atoms with van der Waals surface area (Å²) in [5.74, 6) is 1.41.